The van der Waals surface area contributed by atoms with Crippen molar-refractivity contribution in [2.45, 2.75) is 58.3 Å². The first-order valence-electron chi connectivity index (χ1n) is 7.89. The number of aromatic nitrogens is 1. The van der Waals surface area contributed by atoms with Crippen LogP contribution in [0.2, 0.25) is 0 Å². The van der Waals surface area contributed by atoms with Crippen molar-refractivity contribution in [1.82, 2.24) is 10.3 Å². The van der Waals surface area contributed by atoms with E-state index < -0.39 is 0 Å². The third kappa shape index (κ3) is 3.00. The van der Waals surface area contributed by atoms with E-state index in [4.69, 9.17) is 9.72 Å². The van der Waals surface area contributed by atoms with Gasteiger partial charge >= 0.3 is 0 Å². The Kier molecular flexibility index (Phi) is 4.58. The number of hydrogen-bond acceptors (Lipinski definition) is 5. The first kappa shape index (κ1) is 14.3. The molecule has 4 nitrogen and oxygen atoms in total. The smallest absolute Gasteiger partial charge is 0.186 e. The van der Waals surface area contributed by atoms with Crippen LogP contribution < -0.4 is 10.2 Å². The predicted octanol–water partition coefficient (Wildman–Crippen LogP) is 2.57. The van der Waals surface area contributed by atoms with Crippen LogP contribution in [-0.2, 0) is 17.7 Å². The van der Waals surface area contributed by atoms with Gasteiger partial charge in [0.1, 0.15) is 0 Å². The summed E-state index contributed by atoms with van der Waals surface area (Å²) in [5.41, 5.74) is 1.30. The van der Waals surface area contributed by atoms with E-state index in [-0.39, 0.29) is 0 Å². The SMILES string of the molecule is CCCc1nc(N2CC3CCC(C2)O3)sc1CNCC. The van der Waals surface area contributed by atoms with Gasteiger partial charge in [-0.1, -0.05) is 20.3 Å². The first-order chi connectivity index (χ1) is 9.80. The number of fused-ring (bicyclic) bond motifs is 2. The number of rotatable bonds is 6. The molecule has 2 aliphatic rings. The Morgan fingerprint density at radius 2 is 2.05 bits per heavy atom. The second kappa shape index (κ2) is 6.41. The molecule has 20 heavy (non-hydrogen) atoms. The van der Waals surface area contributed by atoms with Gasteiger partial charge in [0.25, 0.3) is 0 Å². The average Bonchev–Trinajstić information content (AvgIpc) is 3.01. The molecule has 0 aromatic carbocycles. The lowest BCUT2D eigenvalue weighted by Gasteiger charge is -2.31. The summed E-state index contributed by atoms with van der Waals surface area (Å²) in [5, 5.41) is 4.65. The zero-order valence-electron chi connectivity index (χ0n) is 12.5. The van der Waals surface area contributed by atoms with Crippen molar-refractivity contribution in [2.75, 3.05) is 24.5 Å². The summed E-state index contributed by atoms with van der Waals surface area (Å²) >= 11 is 1.87. The Morgan fingerprint density at radius 1 is 1.30 bits per heavy atom. The third-order valence-corrected chi connectivity index (χ3v) is 5.26. The second-order valence-corrected chi connectivity index (χ2v) is 6.82. The fourth-order valence-electron chi connectivity index (χ4n) is 3.08. The molecule has 0 amide bonds. The molecule has 0 aliphatic carbocycles. The number of anilines is 1. The van der Waals surface area contributed by atoms with Crippen molar-refractivity contribution < 1.29 is 4.74 Å². The molecular formula is C15H25N3OS. The van der Waals surface area contributed by atoms with Gasteiger partial charge in [0.15, 0.2) is 5.13 Å². The molecule has 2 unspecified atom stereocenters. The van der Waals surface area contributed by atoms with Crippen LogP contribution in [0.1, 0.15) is 43.7 Å². The summed E-state index contributed by atoms with van der Waals surface area (Å²) in [7, 11) is 0. The lowest BCUT2D eigenvalue weighted by atomic mass is 10.2. The van der Waals surface area contributed by atoms with Crippen LogP contribution in [0.4, 0.5) is 5.13 Å². The maximum atomic E-state index is 5.92. The minimum absolute atomic E-state index is 0.435. The molecule has 2 aliphatic heterocycles. The largest absolute Gasteiger partial charge is 0.371 e. The molecule has 1 aromatic heterocycles. The van der Waals surface area contributed by atoms with Crippen molar-refractivity contribution in [3.8, 4) is 0 Å². The highest BCUT2D eigenvalue weighted by Gasteiger charge is 2.35. The number of aryl methyl sites for hydroxylation is 1. The van der Waals surface area contributed by atoms with Gasteiger partial charge in [0, 0.05) is 24.5 Å². The minimum Gasteiger partial charge on any atom is -0.371 e. The molecule has 3 rings (SSSR count). The number of morpholine rings is 1. The Bertz CT molecular complexity index is 436. The van der Waals surface area contributed by atoms with Gasteiger partial charge in [-0.15, -0.1) is 11.3 Å². The molecule has 0 spiro atoms. The Hall–Kier alpha value is -0.650. The molecule has 3 heterocycles. The molecule has 2 atom stereocenters. The molecule has 2 fully saturated rings. The molecular weight excluding hydrogens is 270 g/mol. The van der Waals surface area contributed by atoms with E-state index in [2.05, 4.69) is 24.1 Å². The topological polar surface area (TPSA) is 37.4 Å². The van der Waals surface area contributed by atoms with Crippen molar-refractivity contribution >= 4 is 16.5 Å². The van der Waals surface area contributed by atoms with Crippen molar-refractivity contribution in [3.63, 3.8) is 0 Å². The quantitative estimate of drug-likeness (QED) is 0.875. The second-order valence-electron chi connectivity index (χ2n) is 5.76. The Balaban J connectivity index is 1.75. The fourth-order valence-corrected chi connectivity index (χ4v) is 4.18. The zero-order valence-corrected chi connectivity index (χ0v) is 13.3. The van der Waals surface area contributed by atoms with Crippen LogP contribution in [0.15, 0.2) is 0 Å². The van der Waals surface area contributed by atoms with E-state index in [1.54, 1.807) is 0 Å². The number of ether oxygens (including phenoxy) is 1. The molecule has 2 saturated heterocycles. The molecule has 112 valence electrons. The van der Waals surface area contributed by atoms with Crippen LogP contribution in [0.25, 0.3) is 0 Å². The summed E-state index contributed by atoms with van der Waals surface area (Å²) in [6.07, 6.45) is 5.57. The van der Waals surface area contributed by atoms with Crippen LogP contribution in [0, 0.1) is 0 Å². The van der Waals surface area contributed by atoms with Gasteiger partial charge < -0.3 is 15.0 Å². The highest BCUT2D eigenvalue weighted by atomic mass is 32.1. The van der Waals surface area contributed by atoms with Gasteiger partial charge in [-0.3, -0.25) is 0 Å². The van der Waals surface area contributed by atoms with Gasteiger partial charge in [0.2, 0.25) is 0 Å². The first-order valence-corrected chi connectivity index (χ1v) is 8.71. The summed E-state index contributed by atoms with van der Waals surface area (Å²) in [4.78, 5) is 8.79. The van der Waals surface area contributed by atoms with E-state index in [0.717, 1.165) is 39.0 Å². The van der Waals surface area contributed by atoms with Gasteiger partial charge in [-0.25, -0.2) is 4.98 Å². The van der Waals surface area contributed by atoms with E-state index in [0.29, 0.717) is 12.2 Å². The molecule has 0 radical (unpaired) electrons. The highest BCUT2D eigenvalue weighted by molar-refractivity contribution is 7.15. The van der Waals surface area contributed by atoms with E-state index in [1.165, 1.54) is 28.5 Å². The lowest BCUT2D eigenvalue weighted by Crippen LogP contribution is -2.42. The fraction of sp³-hybridized carbons (Fsp3) is 0.800. The minimum atomic E-state index is 0.435. The number of nitrogens with zero attached hydrogens (tertiary/aromatic N) is 2. The van der Waals surface area contributed by atoms with Crippen molar-refractivity contribution in [3.05, 3.63) is 10.6 Å². The zero-order chi connectivity index (χ0) is 13.9. The summed E-state index contributed by atoms with van der Waals surface area (Å²) in [5.74, 6) is 0. The van der Waals surface area contributed by atoms with Crippen molar-refractivity contribution in [1.29, 1.82) is 0 Å². The van der Waals surface area contributed by atoms with Gasteiger partial charge in [-0.05, 0) is 25.8 Å². The molecule has 2 bridgehead atoms. The van der Waals surface area contributed by atoms with E-state index in [9.17, 15) is 0 Å². The maximum Gasteiger partial charge on any atom is 0.186 e. The third-order valence-electron chi connectivity index (χ3n) is 4.10. The summed E-state index contributed by atoms with van der Waals surface area (Å²) in [6.45, 7) is 8.40. The van der Waals surface area contributed by atoms with Crippen LogP contribution in [-0.4, -0.2) is 36.8 Å². The number of hydrogen-bond donors (Lipinski definition) is 1. The van der Waals surface area contributed by atoms with Crippen molar-refractivity contribution in [2.24, 2.45) is 0 Å². The number of thiazole rings is 1. The Labute approximate surface area is 125 Å². The maximum absolute atomic E-state index is 5.92. The summed E-state index contributed by atoms with van der Waals surface area (Å²) < 4.78 is 5.92. The number of nitrogens with one attached hydrogen (secondary N) is 1. The van der Waals surface area contributed by atoms with Crippen LogP contribution in [0.3, 0.4) is 0 Å². The van der Waals surface area contributed by atoms with E-state index >= 15 is 0 Å². The lowest BCUT2D eigenvalue weighted by molar-refractivity contribution is 0.0305. The van der Waals surface area contributed by atoms with Gasteiger partial charge in [-0.2, -0.15) is 0 Å². The summed E-state index contributed by atoms with van der Waals surface area (Å²) in [6, 6.07) is 0. The van der Waals surface area contributed by atoms with E-state index in [1.807, 2.05) is 11.3 Å². The average molecular weight is 295 g/mol. The molecule has 1 N–H and O–H groups in total. The van der Waals surface area contributed by atoms with Crippen LogP contribution >= 0.6 is 11.3 Å². The monoisotopic (exact) mass is 295 g/mol. The predicted molar refractivity (Wildman–Crippen MR) is 83.6 cm³/mol. The standard InChI is InChI=1S/C15H25N3OS/c1-3-5-13-14(8-16-4-2)20-15(17-13)18-9-11-6-7-12(10-18)19-11/h11-12,16H,3-10H2,1-2H3. The molecule has 1 aromatic rings. The normalized spacial score (nSPS) is 25.4. The Morgan fingerprint density at radius 3 is 2.70 bits per heavy atom. The van der Waals surface area contributed by atoms with Gasteiger partial charge in [0.05, 0.1) is 17.9 Å². The molecule has 5 heteroatoms. The molecule has 0 saturated carbocycles. The highest BCUT2D eigenvalue weighted by Crippen LogP contribution is 2.33. The van der Waals surface area contributed by atoms with Crippen LogP contribution in [0.5, 0.6) is 0 Å².